The second kappa shape index (κ2) is 11.5. The van der Waals surface area contributed by atoms with E-state index in [-0.39, 0.29) is 6.04 Å². The number of rotatable bonds is 8. The lowest BCUT2D eigenvalue weighted by Gasteiger charge is -2.35. The molecule has 0 radical (unpaired) electrons. The third-order valence-corrected chi connectivity index (χ3v) is 5.40. The molecule has 0 saturated carbocycles. The molecule has 2 aromatic rings. The first kappa shape index (κ1) is 22.8. The Bertz CT molecular complexity index is 834. The number of morpholine rings is 1. The number of nitrogens with zero attached hydrogens (tertiary/aromatic N) is 4. The number of hydrogen-bond acceptors (Lipinski definition) is 6. The largest absolute Gasteiger partial charge is 0.497 e. The molecule has 1 aromatic heterocycles. The Kier molecular flexibility index (Phi) is 8.49. The van der Waals surface area contributed by atoms with Crippen LogP contribution < -0.4 is 20.3 Å². The number of pyridine rings is 1. The molecule has 1 aromatic carbocycles. The maximum atomic E-state index is 5.56. The van der Waals surface area contributed by atoms with Crippen molar-refractivity contribution in [3.05, 3.63) is 53.7 Å². The van der Waals surface area contributed by atoms with Crippen molar-refractivity contribution in [2.24, 2.45) is 4.99 Å². The van der Waals surface area contributed by atoms with Crippen LogP contribution in [0.4, 0.5) is 5.82 Å². The van der Waals surface area contributed by atoms with Crippen LogP contribution in [0, 0.1) is 0 Å². The van der Waals surface area contributed by atoms with Crippen molar-refractivity contribution >= 4 is 11.8 Å². The lowest BCUT2D eigenvalue weighted by atomic mass is 10.0. The lowest BCUT2D eigenvalue weighted by molar-refractivity contribution is 0.0170. The highest BCUT2D eigenvalue weighted by atomic mass is 16.5. The van der Waals surface area contributed by atoms with Crippen molar-refractivity contribution in [2.45, 2.75) is 12.6 Å². The summed E-state index contributed by atoms with van der Waals surface area (Å²) >= 11 is 0. The molecule has 2 heterocycles. The quantitative estimate of drug-likeness (QED) is 0.493. The van der Waals surface area contributed by atoms with Crippen molar-refractivity contribution < 1.29 is 9.47 Å². The van der Waals surface area contributed by atoms with Crippen LogP contribution >= 0.6 is 0 Å². The highest BCUT2D eigenvalue weighted by Gasteiger charge is 2.23. The average Bonchev–Trinajstić information content (AvgIpc) is 2.82. The summed E-state index contributed by atoms with van der Waals surface area (Å²) in [4.78, 5) is 13.2. The summed E-state index contributed by atoms with van der Waals surface area (Å²) in [5.41, 5.74) is 2.40. The zero-order valence-electron chi connectivity index (χ0n) is 19.0. The van der Waals surface area contributed by atoms with Gasteiger partial charge in [-0.2, -0.15) is 0 Å². The first-order valence-corrected chi connectivity index (χ1v) is 10.6. The number of ether oxygens (including phenoxy) is 2. The molecule has 1 aliphatic rings. The zero-order chi connectivity index (χ0) is 22.1. The molecule has 1 fully saturated rings. The number of aliphatic imine (C=N–C) groups is 1. The van der Waals surface area contributed by atoms with Gasteiger partial charge in [-0.1, -0.05) is 12.1 Å². The maximum Gasteiger partial charge on any atom is 0.191 e. The van der Waals surface area contributed by atoms with Crippen molar-refractivity contribution in [3.8, 4) is 5.75 Å². The minimum absolute atomic E-state index is 0.217. The minimum Gasteiger partial charge on any atom is -0.497 e. The zero-order valence-corrected chi connectivity index (χ0v) is 19.0. The molecule has 3 rings (SSSR count). The van der Waals surface area contributed by atoms with E-state index in [9.17, 15) is 0 Å². The van der Waals surface area contributed by atoms with Gasteiger partial charge in [-0.15, -0.1) is 0 Å². The van der Waals surface area contributed by atoms with Gasteiger partial charge >= 0.3 is 0 Å². The molecule has 1 saturated heterocycles. The summed E-state index contributed by atoms with van der Waals surface area (Å²) < 4.78 is 10.9. The molecular formula is C23H34N6O2. The number of guanidine groups is 1. The highest BCUT2D eigenvalue weighted by Crippen LogP contribution is 2.23. The highest BCUT2D eigenvalue weighted by molar-refractivity contribution is 5.79. The number of methoxy groups -OCH3 is 1. The molecule has 0 bridgehead atoms. The van der Waals surface area contributed by atoms with Crippen molar-refractivity contribution in [1.29, 1.82) is 0 Å². The van der Waals surface area contributed by atoms with Gasteiger partial charge in [0.2, 0.25) is 0 Å². The Morgan fingerprint density at radius 1 is 1.19 bits per heavy atom. The molecule has 168 valence electrons. The van der Waals surface area contributed by atoms with Crippen molar-refractivity contribution in [2.75, 3.05) is 66.0 Å². The van der Waals surface area contributed by atoms with E-state index in [1.807, 2.05) is 43.4 Å². The molecule has 1 aliphatic heterocycles. The molecule has 1 atom stereocenters. The monoisotopic (exact) mass is 426 g/mol. The summed E-state index contributed by atoms with van der Waals surface area (Å²) in [5, 5.41) is 6.91. The number of anilines is 1. The Morgan fingerprint density at radius 3 is 2.58 bits per heavy atom. The Labute approximate surface area is 185 Å². The van der Waals surface area contributed by atoms with Gasteiger partial charge in [0.15, 0.2) is 5.96 Å². The molecule has 8 nitrogen and oxygen atoms in total. The second-order valence-corrected chi connectivity index (χ2v) is 7.66. The normalized spacial score (nSPS) is 15.9. The second-order valence-electron chi connectivity index (χ2n) is 7.66. The molecule has 1 unspecified atom stereocenters. The van der Waals surface area contributed by atoms with Crippen LogP contribution in [0.3, 0.4) is 0 Å². The maximum absolute atomic E-state index is 5.56. The average molecular weight is 427 g/mol. The molecule has 8 heteroatoms. The van der Waals surface area contributed by atoms with E-state index in [0.717, 1.165) is 55.9 Å². The van der Waals surface area contributed by atoms with E-state index in [1.54, 1.807) is 14.2 Å². The molecule has 0 amide bonds. The van der Waals surface area contributed by atoms with Crippen LogP contribution in [0.2, 0.25) is 0 Å². The Balaban J connectivity index is 1.63. The molecule has 31 heavy (non-hydrogen) atoms. The fourth-order valence-corrected chi connectivity index (χ4v) is 3.59. The van der Waals surface area contributed by atoms with E-state index < -0.39 is 0 Å². The van der Waals surface area contributed by atoms with E-state index in [1.165, 1.54) is 5.56 Å². The topological polar surface area (TPSA) is 74.2 Å². The van der Waals surface area contributed by atoms with Gasteiger partial charge in [0.25, 0.3) is 0 Å². The van der Waals surface area contributed by atoms with Crippen LogP contribution in [0.25, 0.3) is 0 Å². The van der Waals surface area contributed by atoms with E-state index >= 15 is 0 Å². The SMILES string of the molecule is CN=C(NCc1ccnc(N(C)C)c1)NCC(c1ccc(OC)cc1)N1CCOCC1. The van der Waals surface area contributed by atoms with E-state index in [0.29, 0.717) is 6.54 Å². The number of hydrogen-bond donors (Lipinski definition) is 2. The van der Waals surface area contributed by atoms with Crippen molar-refractivity contribution in [1.82, 2.24) is 20.5 Å². The summed E-state index contributed by atoms with van der Waals surface area (Å²) in [7, 11) is 7.47. The first-order chi connectivity index (χ1) is 15.1. The fourth-order valence-electron chi connectivity index (χ4n) is 3.59. The Morgan fingerprint density at radius 2 is 1.94 bits per heavy atom. The van der Waals surface area contributed by atoms with Crippen LogP contribution in [-0.2, 0) is 11.3 Å². The minimum atomic E-state index is 0.217. The van der Waals surface area contributed by atoms with Gasteiger partial charge in [-0.05, 0) is 35.4 Å². The molecule has 0 spiro atoms. The third kappa shape index (κ3) is 6.57. The summed E-state index contributed by atoms with van der Waals surface area (Å²) in [6.45, 7) is 4.76. The Hall–Kier alpha value is -2.84. The number of aromatic nitrogens is 1. The van der Waals surface area contributed by atoms with Crippen molar-refractivity contribution in [3.63, 3.8) is 0 Å². The van der Waals surface area contributed by atoms with Gasteiger partial charge < -0.3 is 25.0 Å². The van der Waals surface area contributed by atoms with Gasteiger partial charge in [-0.3, -0.25) is 9.89 Å². The number of benzene rings is 1. The van der Waals surface area contributed by atoms with Crippen LogP contribution in [0.5, 0.6) is 5.75 Å². The van der Waals surface area contributed by atoms with Crippen LogP contribution in [-0.4, -0.2) is 76.9 Å². The summed E-state index contributed by atoms with van der Waals surface area (Å²) in [5.74, 6) is 2.58. The summed E-state index contributed by atoms with van der Waals surface area (Å²) in [6.07, 6.45) is 1.83. The summed E-state index contributed by atoms with van der Waals surface area (Å²) in [6, 6.07) is 12.6. The lowest BCUT2D eigenvalue weighted by Crippen LogP contribution is -2.46. The van der Waals surface area contributed by atoms with Crippen LogP contribution in [0.15, 0.2) is 47.6 Å². The molecule has 2 N–H and O–H groups in total. The number of nitrogens with one attached hydrogen (secondary N) is 2. The predicted octanol–water partition coefficient (Wildman–Crippen LogP) is 1.89. The van der Waals surface area contributed by atoms with Crippen LogP contribution in [0.1, 0.15) is 17.2 Å². The first-order valence-electron chi connectivity index (χ1n) is 10.6. The fraction of sp³-hybridized carbons (Fsp3) is 0.478. The van der Waals surface area contributed by atoms with Gasteiger partial charge in [0.05, 0.1) is 26.4 Å². The standard InChI is InChI=1S/C23H34N6O2/c1-24-23(26-16-18-9-10-25-22(15-18)28(2)3)27-17-21(29-11-13-31-14-12-29)19-5-7-20(30-4)8-6-19/h5-10,15,21H,11-14,16-17H2,1-4H3,(H2,24,26,27). The van der Waals surface area contributed by atoms with E-state index in [4.69, 9.17) is 9.47 Å². The molecular weight excluding hydrogens is 392 g/mol. The predicted molar refractivity (Wildman–Crippen MR) is 125 cm³/mol. The smallest absolute Gasteiger partial charge is 0.191 e. The third-order valence-electron chi connectivity index (χ3n) is 5.40. The van der Waals surface area contributed by atoms with E-state index in [2.05, 4.69) is 43.7 Å². The van der Waals surface area contributed by atoms with Gasteiger partial charge in [-0.25, -0.2) is 4.98 Å². The van der Waals surface area contributed by atoms with Gasteiger partial charge in [0.1, 0.15) is 11.6 Å². The van der Waals surface area contributed by atoms with Gasteiger partial charge in [0, 0.05) is 53.5 Å². The molecule has 0 aliphatic carbocycles.